The summed E-state index contributed by atoms with van der Waals surface area (Å²) in [6, 6.07) is 62.6. The molecule has 212 valence electrons. The van der Waals surface area contributed by atoms with Crippen molar-refractivity contribution in [2.45, 2.75) is 0 Å². The van der Waals surface area contributed by atoms with E-state index in [0.29, 0.717) is 0 Å². The Labute approximate surface area is 267 Å². The van der Waals surface area contributed by atoms with Gasteiger partial charge in [-0.2, -0.15) is 0 Å². The van der Waals surface area contributed by atoms with Crippen LogP contribution in [0.4, 0.5) is 0 Å². The minimum absolute atomic E-state index is 1.23. The number of benzene rings is 10. The molecule has 0 saturated carbocycles. The first kappa shape index (κ1) is 25.4. The predicted octanol–water partition coefficient (Wildman–Crippen LogP) is 13.0. The van der Waals surface area contributed by atoms with Gasteiger partial charge in [-0.1, -0.05) is 164 Å². The molecule has 0 aliphatic carbocycles. The topological polar surface area (TPSA) is 0 Å². The monoisotopic (exact) mass is 580 g/mol. The molecule has 10 rings (SSSR count). The smallest absolute Gasteiger partial charge is 0.00134 e. The lowest BCUT2D eigenvalue weighted by Gasteiger charge is -2.22. The van der Waals surface area contributed by atoms with E-state index in [2.05, 4.69) is 170 Å². The van der Waals surface area contributed by atoms with Gasteiger partial charge in [-0.3, -0.25) is 0 Å². The van der Waals surface area contributed by atoms with Gasteiger partial charge in [0.25, 0.3) is 0 Å². The van der Waals surface area contributed by atoms with Crippen LogP contribution in [0.2, 0.25) is 0 Å². The van der Waals surface area contributed by atoms with Gasteiger partial charge in [0.1, 0.15) is 0 Å². The normalized spacial score (nSPS) is 11.9. The van der Waals surface area contributed by atoms with Gasteiger partial charge in [-0.15, -0.1) is 0 Å². The molecule has 0 saturated heterocycles. The lowest BCUT2D eigenvalue weighted by atomic mass is 9.80. The zero-order valence-electron chi connectivity index (χ0n) is 25.2. The quantitative estimate of drug-likeness (QED) is 0.144. The van der Waals surface area contributed by atoms with Crippen molar-refractivity contribution in [1.29, 1.82) is 0 Å². The van der Waals surface area contributed by atoms with Crippen LogP contribution in [0, 0.1) is 0 Å². The second kappa shape index (κ2) is 9.76. The lowest BCUT2D eigenvalue weighted by molar-refractivity contribution is 1.60. The maximum Gasteiger partial charge on any atom is -0.00134 e. The highest BCUT2D eigenvalue weighted by molar-refractivity contribution is 6.44. The zero-order chi connectivity index (χ0) is 30.2. The average Bonchev–Trinajstić information content (AvgIpc) is 3.13. The maximum absolute atomic E-state index is 2.43. The summed E-state index contributed by atoms with van der Waals surface area (Å²) >= 11 is 0. The molecule has 46 heavy (non-hydrogen) atoms. The molecule has 0 nitrogen and oxygen atoms in total. The van der Waals surface area contributed by atoms with E-state index < -0.39 is 0 Å². The van der Waals surface area contributed by atoms with E-state index in [0.717, 1.165) is 0 Å². The van der Waals surface area contributed by atoms with Crippen molar-refractivity contribution in [1.82, 2.24) is 0 Å². The summed E-state index contributed by atoms with van der Waals surface area (Å²) in [5, 5.41) is 15.8. The molecule has 0 aliphatic heterocycles. The Balaban J connectivity index is 1.46. The first-order chi connectivity index (χ1) is 22.9. The van der Waals surface area contributed by atoms with Gasteiger partial charge in [-0.05, 0) is 104 Å². The first-order valence-electron chi connectivity index (χ1n) is 16.0. The highest BCUT2D eigenvalue weighted by atomic mass is 14.2. The first-order valence-corrected chi connectivity index (χ1v) is 16.0. The van der Waals surface area contributed by atoms with E-state index in [1.165, 1.54) is 98.0 Å². The molecule has 0 bridgehead atoms. The van der Waals surface area contributed by atoms with E-state index in [9.17, 15) is 0 Å². The van der Waals surface area contributed by atoms with Crippen molar-refractivity contribution >= 4 is 64.6 Å². The van der Waals surface area contributed by atoms with Crippen molar-refractivity contribution in [2.75, 3.05) is 0 Å². The van der Waals surface area contributed by atoms with E-state index in [-0.39, 0.29) is 0 Å². The summed E-state index contributed by atoms with van der Waals surface area (Å²) in [6.07, 6.45) is 0. The Hall–Kier alpha value is -5.98. The third-order valence-corrected chi connectivity index (χ3v) is 9.98. The van der Waals surface area contributed by atoms with Crippen molar-refractivity contribution in [3.63, 3.8) is 0 Å². The van der Waals surface area contributed by atoms with Crippen molar-refractivity contribution in [2.24, 2.45) is 0 Å². The fraction of sp³-hybridized carbons (Fsp3) is 0. The third kappa shape index (κ3) is 3.50. The summed E-state index contributed by atoms with van der Waals surface area (Å²) in [5.74, 6) is 0. The van der Waals surface area contributed by atoms with Gasteiger partial charge in [0.2, 0.25) is 0 Å². The van der Waals surface area contributed by atoms with E-state index in [4.69, 9.17) is 0 Å². The minimum atomic E-state index is 1.23. The zero-order valence-corrected chi connectivity index (χ0v) is 25.2. The standard InChI is InChI=1S/C46H28/c1-3-14-29(15-4-1)32-19-9-10-21-34(32)35-26-27-40-44-37-23-12-11-22-36(37)42(30-16-5-2-6-17-30)38-24-13-25-39(45(38)44)43-33-20-8-7-18-31(33)28-41(35)46(40)43/h1-28H. The van der Waals surface area contributed by atoms with Crippen LogP contribution in [-0.2, 0) is 0 Å². The number of hydrogen-bond acceptors (Lipinski definition) is 0. The molecule has 0 atom stereocenters. The molecule has 0 unspecified atom stereocenters. The molecule has 0 aliphatic rings. The Bertz CT molecular complexity index is 2770. The van der Waals surface area contributed by atoms with Crippen LogP contribution < -0.4 is 0 Å². The molecule has 10 aromatic carbocycles. The highest BCUT2D eigenvalue weighted by Crippen LogP contribution is 2.51. The molecular weight excluding hydrogens is 553 g/mol. The SMILES string of the molecule is c1ccc(-c2ccccc2-c2ccc3c4c2cc2ccccc2c4c2cccc4c(-c5ccccc5)c5ccccc5c3c42)cc1. The largest absolute Gasteiger partial charge is 0.0622 e. The molecule has 0 N–H and O–H groups in total. The van der Waals surface area contributed by atoms with Crippen LogP contribution in [0.5, 0.6) is 0 Å². The molecule has 0 heterocycles. The van der Waals surface area contributed by atoms with E-state index >= 15 is 0 Å². The van der Waals surface area contributed by atoms with Crippen molar-refractivity contribution in [3.05, 3.63) is 170 Å². The molecule has 0 radical (unpaired) electrons. The van der Waals surface area contributed by atoms with Gasteiger partial charge < -0.3 is 0 Å². The number of fused-ring (bicyclic) bond motifs is 6. The molecular formula is C46H28. The second-order valence-corrected chi connectivity index (χ2v) is 12.4. The number of hydrogen-bond donors (Lipinski definition) is 0. The predicted molar refractivity (Wildman–Crippen MR) is 199 cm³/mol. The molecule has 0 aromatic heterocycles. The lowest BCUT2D eigenvalue weighted by Crippen LogP contribution is -1.94. The van der Waals surface area contributed by atoms with Gasteiger partial charge in [0, 0.05) is 0 Å². The maximum atomic E-state index is 2.43. The van der Waals surface area contributed by atoms with Gasteiger partial charge >= 0.3 is 0 Å². The van der Waals surface area contributed by atoms with E-state index in [1.807, 2.05) is 0 Å². The highest BCUT2D eigenvalue weighted by Gasteiger charge is 2.22. The van der Waals surface area contributed by atoms with Crippen LogP contribution in [-0.4, -0.2) is 0 Å². The van der Waals surface area contributed by atoms with Crippen LogP contribution in [0.25, 0.3) is 98.0 Å². The summed E-state index contributed by atoms with van der Waals surface area (Å²) < 4.78 is 0. The Kier molecular flexibility index (Phi) is 5.38. The number of rotatable bonds is 3. The molecule has 0 fully saturated rings. The van der Waals surface area contributed by atoms with Gasteiger partial charge in [-0.25, -0.2) is 0 Å². The average molecular weight is 581 g/mol. The summed E-state index contributed by atoms with van der Waals surface area (Å²) in [6.45, 7) is 0. The van der Waals surface area contributed by atoms with Crippen LogP contribution in [0.15, 0.2) is 170 Å². The Morgan fingerprint density at radius 2 is 0.761 bits per heavy atom. The van der Waals surface area contributed by atoms with Gasteiger partial charge in [0.05, 0.1) is 0 Å². The fourth-order valence-electron chi connectivity index (χ4n) is 8.12. The molecule has 0 spiro atoms. The summed E-state index contributed by atoms with van der Waals surface area (Å²) in [7, 11) is 0. The van der Waals surface area contributed by atoms with E-state index in [1.54, 1.807) is 0 Å². The molecule has 0 amide bonds. The van der Waals surface area contributed by atoms with Crippen LogP contribution >= 0.6 is 0 Å². The molecule has 0 heteroatoms. The Morgan fingerprint density at radius 3 is 1.57 bits per heavy atom. The van der Waals surface area contributed by atoms with Crippen molar-refractivity contribution < 1.29 is 0 Å². The third-order valence-electron chi connectivity index (χ3n) is 9.98. The second-order valence-electron chi connectivity index (χ2n) is 12.4. The van der Waals surface area contributed by atoms with Crippen molar-refractivity contribution in [3.8, 4) is 33.4 Å². The summed E-state index contributed by atoms with van der Waals surface area (Å²) in [4.78, 5) is 0. The Morgan fingerprint density at radius 1 is 0.239 bits per heavy atom. The van der Waals surface area contributed by atoms with Crippen LogP contribution in [0.3, 0.4) is 0 Å². The van der Waals surface area contributed by atoms with Gasteiger partial charge in [0.15, 0.2) is 0 Å². The fourth-order valence-corrected chi connectivity index (χ4v) is 8.12. The van der Waals surface area contributed by atoms with Crippen LogP contribution in [0.1, 0.15) is 0 Å². The summed E-state index contributed by atoms with van der Waals surface area (Å²) in [5.41, 5.74) is 7.58. The molecule has 10 aromatic rings. The minimum Gasteiger partial charge on any atom is -0.0622 e.